The van der Waals surface area contributed by atoms with Crippen molar-refractivity contribution in [2.24, 2.45) is 29.6 Å². The maximum atomic E-state index is 2.27. The Hall–Kier alpha value is 0. The Labute approximate surface area is 229 Å². The molecule has 0 spiro atoms. The predicted molar refractivity (Wildman–Crippen MR) is 172 cm³/mol. The van der Waals surface area contributed by atoms with Crippen LogP contribution < -0.4 is 0 Å². The first-order valence-corrected chi connectivity index (χ1v) is 16.4. The van der Waals surface area contributed by atoms with Crippen LogP contribution in [0, 0.1) is 29.6 Å². The summed E-state index contributed by atoms with van der Waals surface area (Å²) in [6.07, 6.45) is 20.7. The van der Waals surface area contributed by atoms with Crippen molar-refractivity contribution in [1.29, 1.82) is 0 Å². The summed E-state index contributed by atoms with van der Waals surface area (Å²) >= 11 is 0. The van der Waals surface area contributed by atoms with Gasteiger partial charge in [0.05, 0.1) is 0 Å². The van der Waals surface area contributed by atoms with E-state index in [-0.39, 0.29) is 0 Å². The van der Waals surface area contributed by atoms with Gasteiger partial charge in [-0.05, 0) is 29.6 Å². The van der Waals surface area contributed by atoms with Crippen molar-refractivity contribution in [3.8, 4) is 0 Å². The molecule has 0 atom stereocenters. The Morgan fingerprint density at radius 2 is 0.371 bits per heavy atom. The molecule has 0 heterocycles. The third kappa shape index (κ3) is 87.0. The maximum Gasteiger partial charge on any atom is -0.0471 e. The standard InChI is InChI=1S/5C7H16/c5*1-4-5-6-7(2)3/h5*7H,4-6H2,1-3H3. The van der Waals surface area contributed by atoms with Crippen LogP contribution in [0.3, 0.4) is 0 Å². The monoisotopic (exact) mass is 501 g/mol. The second-order valence-corrected chi connectivity index (χ2v) is 12.7. The lowest BCUT2D eigenvalue weighted by atomic mass is 10.1. The summed E-state index contributed by atoms with van der Waals surface area (Å²) in [6, 6.07) is 0. The van der Waals surface area contributed by atoms with Crippen molar-refractivity contribution in [2.45, 2.75) is 200 Å². The van der Waals surface area contributed by atoms with Gasteiger partial charge in [-0.15, -0.1) is 0 Å². The largest absolute Gasteiger partial charge is 0.0654 e. The van der Waals surface area contributed by atoms with Crippen molar-refractivity contribution >= 4 is 0 Å². The van der Waals surface area contributed by atoms with Crippen molar-refractivity contribution < 1.29 is 0 Å². The van der Waals surface area contributed by atoms with Crippen molar-refractivity contribution in [3.05, 3.63) is 0 Å². The van der Waals surface area contributed by atoms with E-state index in [1.54, 1.807) is 0 Å². The molecule has 0 saturated heterocycles. The molecule has 0 aromatic rings. The zero-order valence-corrected chi connectivity index (χ0v) is 28.5. The molecule has 35 heavy (non-hydrogen) atoms. The summed E-state index contributed by atoms with van der Waals surface area (Å²) < 4.78 is 0. The van der Waals surface area contributed by atoms with Crippen LogP contribution in [0.2, 0.25) is 0 Å². The topological polar surface area (TPSA) is 0 Å². The highest BCUT2D eigenvalue weighted by atomic mass is 14.0. The highest BCUT2D eigenvalue weighted by Crippen LogP contribution is 2.06. The molecule has 0 aliphatic carbocycles. The lowest BCUT2D eigenvalue weighted by molar-refractivity contribution is 0.550. The van der Waals surface area contributed by atoms with Crippen LogP contribution in [0.15, 0.2) is 0 Å². The van der Waals surface area contributed by atoms with E-state index in [4.69, 9.17) is 0 Å². The average Bonchev–Trinajstić information content (AvgIpc) is 2.78. The van der Waals surface area contributed by atoms with Gasteiger partial charge in [0, 0.05) is 0 Å². The average molecular weight is 501 g/mol. The number of unbranched alkanes of at least 4 members (excludes halogenated alkanes) is 5. The Morgan fingerprint density at radius 3 is 0.400 bits per heavy atom. The summed E-state index contributed by atoms with van der Waals surface area (Å²) in [5, 5.41) is 0. The van der Waals surface area contributed by atoms with Crippen LogP contribution in [0.5, 0.6) is 0 Å². The van der Waals surface area contributed by atoms with Gasteiger partial charge in [-0.1, -0.05) is 200 Å². The molecule has 0 unspecified atom stereocenters. The van der Waals surface area contributed by atoms with Gasteiger partial charge in [-0.2, -0.15) is 0 Å². The summed E-state index contributed by atoms with van der Waals surface area (Å²) in [5.74, 6) is 4.51. The second kappa shape index (κ2) is 41.1. The first-order chi connectivity index (χ1) is 16.4. The van der Waals surface area contributed by atoms with Crippen LogP contribution in [0.1, 0.15) is 200 Å². The molecule has 0 N–H and O–H groups in total. The zero-order chi connectivity index (χ0) is 28.5. The lowest BCUT2D eigenvalue weighted by Gasteiger charge is -1.98. The summed E-state index contributed by atoms with van der Waals surface area (Å²) in [7, 11) is 0. The van der Waals surface area contributed by atoms with E-state index >= 15 is 0 Å². The fourth-order valence-corrected chi connectivity index (χ4v) is 3.06. The van der Waals surface area contributed by atoms with E-state index in [0.717, 1.165) is 29.6 Å². The summed E-state index contributed by atoms with van der Waals surface area (Å²) in [6.45, 7) is 33.9. The van der Waals surface area contributed by atoms with E-state index < -0.39 is 0 Å². The van der Waals surface area contributed by atoms with E-state index in [9.17, 15) is 0 Å². The molecule has 0 rings (SSSR count). The van der Waals surface area contributed by atoms with Crippen LogP contribution in [-0.2, 0) is 0 Å². The first kappa shape index (κ1) is 45.0. The van der Waals surface area contributed by atoms with Gasteiger partial charge in [0.25, 0.3) is 0 Å². The molecule has 0 heteroatoms. The van der Waals surface area contributed by atoms with Gasteiger partial charge in [-0.3, -0.25) is 0 Å². The van der Waals surface area contributed by atoms with Gasteiger partial charge < -0.3 is 0 Å². The number of hydrogen-bond donors (Lipinski definition) is 0. The molecular weight excluding hydrogens is 420 g/mol. The van der Waals surface area contributed by atoms with E-state index in [1.807, 2.05) is 0 Å². The second-order valence-electron chi connectivity index (χ2n) is 12.7. The van der Waals surface area contributed by atoms with Crippen molar-refractivity contribution in [3.63, 3.8) is 0 Å². The van der Waals surface area contributed by atoms with Crippen LogP contribution in [-0.4, -0.2) is 0 Å². The minimum absolute atomic E-state index is 0.903. The minimum Gasteiger partial charge on any atom is -0.0654 e. The maximum absolute atomic E-state index is 2.27. The van der Waals surface area contributed by atoms with Crippen LogP contribution in [0.4, 0.5) is 0 Å². The summed E-state index contributed by atoms with van der Waals surface area (Å²) in [4.78, 5) is 0. The Bertz CT molecular complexity index is 215. The lowest BCUT2D eigenvalue weighted by Crippen LogP contribution is -1.83. The van der Waals surface area contributed by atoms with Gasteiger partial charge in [0.1, 0.15) is 0 Å². The first-order valence-electron chi connectivity index (χ1n) is 16.4. The molecule has 0 radical (unpaired) electrons. The molecule has 0 aliphatic rings. The van der Waals surface area contributed by atoms with Crippen LogP contribution >= 0.6 is 0 Å². The molecule has 0 saturated carbocycles. The smallest absolute Gasteiger partial charge is 0.0471 e. The van der Waals surface area contributed by atoms with E-state index in [0.29, 0.717) is 0 Å². The van der Waals surface area contributed by atoms with E-state index in [1.165, 1.54) is 96.3 Å². The normalized spacial score (nSPS) is 10.3. The van der Waals surface area contributed by atoms with Crippen LogP contribution in [0.25, 0.3) is 0 Å². The highest BCUT2D eigenvalue weighted by molar-refractivity contribution is 4.44. The Kier molecular flexibility index (Phi) is 52.8. The van der Waals surface area contributed by atoms with Gasteiger partial charge in [0.2, 0.25) is 0 Å². The third-order valence-electron chi connectivity index (χ3n) is 5.68. The quantitative estimate of drug-likeness (QED) is 0.210. The molecule has 0 amide bonds. The van der Waals surface area contributed by atoms with Crippen molar-refractivity contribution in [1.82, 2.24) is 0 Å². The molecule has 220 valence electrons. The molecule has 0 aromatic heterocycles. The molecular formula is C35H80. The van der Waals surface area contributed by atoms with Gasteiger partial charge in [0.15, 0.2) is 0 Å². The minimum atomic E-state index is 0.903. The molecule has 0 nitrogen and oxygen atoms in total. The SMILES string of the molecule is CCCCC(C)C.CCCCC(C)C.CCCCC(C)C.CCCCC(C)C.CCCCC(C)C. The fourth-order valence-electron chi connectivity index (χ4n) is 3.06. The molecule has 0 bridgehead atoms. The van der Waals surface area contributed by atoms with E-state index in [2.05, 4.69) is 104 Å². The Morgan fingerprint density at radius 1 is 0.257 bits per heavy atom. The number of hydrogen-bond acceptors (Lipinski definition) is 0. The molecule has 0 fully saturated rings. The van der Waals surface area contributed by atoms with Gasteiger partial charge >= 0.3 is 0 Å². The summed E-state index contributed by atoms with van der Waals surface area (Å²) in [5.41, 5.74) is 0. The zero-order valence-electron chi connectivity index (χ0n) is 28.5. The number of rotatable bonds is 15. The Balaban J connectivity index is -0.000000107. The molecule has 0 aliphatic heterocycles. The highest BCUT2D eigenvalue weighted by Gasteiger charge is 1.91. The predicted octanol–water partition coefficient (Wildman–Crippen LogP) is 14.2. The van der Waals surface area contributed by atoms with Gasteiger partial charge in [-0.25, -0.2) is 0 Å². The fraction of sp³-hybridized carbons (Fsp3) is 1.00. The van der Waals surface area contributed by atoms with Crippen molar-refractivity contribution in [2.75, 3.05) is 0 Å². The third-order valence-corrected chi connectivity index (χ3v) is 5.68. The molecule has 0 aromatic carbocycles.